The van der Waals surface area contributed by atoms with E-state index >= 15 is 0 Å². The molecule has 0 bridgehead atoms. The standard InChI is InChI=1S/C24H26ClNO4S/c1-3-30-23(27)16(2)21-19-6-4-5-7-20(19)24(12-14-26-15-13-24)22(21)31(28,29)18-10-8-17(25)9-11-18/h4-11,16,26H,3,12-15H2,1-2H3/t16-/m1/s1. The fourth-order valence-corrected chi connectivity index (χ4v) is 7.20. The van der Waals surface area contributed by atoms with Gasteiger partial charge in [-0.2, -0.15) is 0 Å². The van der Waals surface area contributed by atoms with Gasteiger partial charge in [0.25, 0.3) is 0 Å². The predicted molar refractivity (Wildman–Crippen MR) is 122 cm³/mol. The summed E-state index contributed by atoms with van der Waals surface area (Å²) in [6, 6.07) is 14.0. The number of hydrogen-bond acceptors (Lipinski definition) is 5. The van der Waals surface area contributed by atoms with Crippen molar-refractivity contribution in [2.45, 2.75) is 37.0 Å². The molecule has 2 aromatic carbocycles. The molecule has 1 N–H and O–H groups in total. The fourth-order valence-electron chi connectivity index (χ4n) is 4.94. The van der Waals surface area contributed by atoms with Gasteiger partial charge in [-0.05, 0) is 80.7 Å². The van der Waals surface area contributed by atoms with E-state index in [0.717, 1.165) is 11.1 Å². The molecule has 0 amide bonds. The highest BCUT2D eigenvalue weighted by atomic mass is 35.5. The van der Waals surface area contributed by atoms with Crippen LogP contribution in [-0.2, 0) is 24.8 Å². The molecule has 164 valence electrons. The van der Waals surface area contributed by atoms with Crippen LogP contribution in [0.15, 0.2) is 58.3 Å². The molecular weight excluding hydrogens is 434 g/mol. The van der Waals surface area contributed by atoms with E-state index < -0.39 is 27.1 Å². The first-order valence-corrected chi connectivity index (χ1v) is 12.4. The summed E-state index contributed by atoms with van der Waals surface area (Å²) in [6.07, 6.45) is 1.29. The van der Waals surface area contributed by atoms with Crippen LogP contribution >= 0.6 is 11.6 Å². The second-order valence-electron chi connectivity index (χ2n) is 8.05. The molecular formula is C24H26ClNO4S. The Morgan fingerprint density at radius 2 is 1.77 bits per heavy atom. The van der Waals surface area contributed by atoms with Crippen LogP contribution in [0.25, 0.3) is 5.57 Å². The van der Waals surface area contributed by atoms with Gasteiger partial charge < -0.3 is 10.1 Å². The smallest absolute Gasteiger partial charge is 0.313 e. The SMILES string of the molecule is CCOC(=O)[C@H](C)C1=C(S(=O)(=O)c2ccc(Cl)cc2)C2(CCNCC2)c2ccccc21. The van der Waals surface area contributed by atoms with Gasteiger partial charge in [-0.15, -0.1) is 0 Å². The van der Waals surface area contributed by atoms with E-state index in [1.807, 2.05) is 24.3 Å². The monoisotopic (exact) mass is 459 g/mol. The lowest BCUT2D eigenvalue weighted by Gasteiger charge is -2.37. The molecule has 0 unspecified atom stereocenters. The number of halogens is 1. The topological polar surface area (TPSA) is 72.5 Å². The van der Waals surface area contributed by atoms with Gasteiger partial charge in [0.15, 0.2) is 0 Å². The van der Waals surface area contributed by atoms with E-state index in [-0.39, 0.29) is 11.5 Å². The van der Waals surface area contributed by atoms with Crippen LogP contribution in [-0.4, -0.2) is 34.1 Å². The zero-order valence-corrected chi connectivity index (χ0v) is 19.2. The van der Waals surface area contributed by atoms with Crippen molar-refractivity contribution in [2.75, 3.05) is 19.7 Å². The maximum Gasteiger partial charge on any atom is 0.313 e. The van der Waals surface area contributed by atoms with Gasteiger partial charge in [0.1, 0.15) is 0 Å². The number of allylic oxidation sites excluding steroid dienone is 1. The third kappa shape index (κ3) is 3.60. The van der Waals surface area contributed by atoms with Crippen molar-refractivity contribution in [3.8, 4) is 0 Å². The molecule has 7 heteroatoms. The zero-order chi connectivity index (χ0) is 22.2. The molecule has 1 aliphatic carbocycles. The third-order valence-electron chi connectivity index (χ3n) is 6.34. The number of esters is 1. The van der Waals surface area contributed by atoms with Gasteiger partial charge in [0.2, 0.25) is 9.84 Å². The number of piperidine rings is 1. The summed E-state index contributed by atoms with van der Waals surface area (Å²) in [4.78, 5) is 13.3. The van der Waals surface area contributed by atoms with Gasteiger partial charge in [0.05, 0.1) is 22.3 Å². The van der Waals surface area contributed by atoms with E-state index in [9.17, 15) is 13.2 Å². The number of ether oxygens (including phenoxy) is 1. The first kappa shape index (κ1) is 22.1. The summed E-state index contributed by atoms with van der Waals surface area (Å²) < 4.78 is 33.5. The van der Waals surface area contributed by atoms with Crippen molar-refractivity contribution in [3.63, 3.8) is 0 Å². The molecule has 0 saturated carbocycles. The molecule has 1 fully saturated rings. The predicted octanol–water partition coefficient (Wildman–Crippen LogP) is 4.36. The number of carbonyl (C=O) groups is 1. The Kier molecular flexibility index (Phi) is 5.99. The van der Waals surface area contributed by atoms with Crippen LogP contribution in [0.3, 0.4) is 0 Å². The van der Waals surface area contributed by atoms with E-state index in [2.05, 4.69) is 5.32 Å². The molecule has 4 rings (SSSR count). The highest BCUT2D eigenvalue weighted by Gasteiger charge is 2.52. The second kappa shape index (κ2) is 8.41. The van der Waals surface area contributed by atoms with E-state index in [1.165, 1.54) is 12.1 Å². The Balaban J connectivity index is 2.02. The Labute approximate surface area is 188 Å². The normalized spacial score (nSPS) is 18.7. The summed E-state index contributed by atoms with van der Waals surface area (Å²) in [7, 11) is -3.89. The summed E-state index contributed by atoms with van der Waals surface area (Å²) >= 11 is 6.02. The van der Waals surface area contributed by atoms with Crippen LogP contribution in [0, 0.1) is 5.92 Å². The van der Waals surface area contributed by atoms with Gasteiger partial charge >= 0.3 is 5.97 Å². The van der Waals surface area contributed by atoms with Crippen LogP contribution in [0.5, 0.6) is 0 Å². The average molecular weight is 460 g/mol. The maximum atomic E-state index is 14.1. The Morgan fingerprint density at radius 3 is 2.42 bits per heavy atom. The van der Waals surface area contributed by atoms with E-state index in [4.69, 9.17) is 16.3 Å². The molecule has 5 nitrogen and oxygen atoms in total. The molecule has 1 heterocycles. The third-order valence-corrected chi connectivity index (χ3v) is 8.63. The Bertz CT molecular complexity index is 1130. The van der Waals surface area contributed by atoms with Gasteiger partial charge in [-0.25, -0.2) is 8.42 Å². The summed E-state index contributed by atoms with van der Waals surface area (Å²) in [6.45, 7) is 5.14. The number of rotatable bonds is 5. The number of nitrogens with one attached hydrogen (secondary N) is 1. The summed E-state index contributed by atoms with van der Waals surface area (Å²) in [5.41, 5.74) is 1.70. The number of sulfone groups is 1. The van der Waals surface area contributed by atoms with Crippen molar-refractivity contribution in [1.82, 2.24) is 5.32 Å². The molecule has 1 atom stereocenters. The van der Waals surface area contributed by atoms with Crippen LogP contribution in [0.4, 0.5) is 0 Å². The quantitative estimate of drug-likeness (QED) is 0.672. The molecule has 1 spiro atoms. The first-order chi connectivity index (χ1) is 14.8. The lowest BCUT2D eigenvalue weighted by molar-refractivity contribution is -0.145. The van der Waals surface area contributed by atoms with Crippen molar-refractivity contribution < 1.29 is 17.9 Å². The van der Waals surface area contributed by atoms with Crippen molar-refractivity contribution >= 4 is 33.0 Å². The number of carbonyl (C=O) groups excluding carboxylic acids is 1. The molecule has 0 radical (unpaired) electrons. The first-order valence-electron chi connectivity index (χ1n) is 10.6. The largest absolute Gasteiger partial charge is 0.466 e. The maximum absolute atomic E-state index is 14.1. The molecule has 2 aliphatic rings. The van der Waals surface area contributed by atoms with Gasteiger partial charge in [-0.1, -0.05) is 35.9 Å². The van der Waals surface area contributed by atoms with Crippen molar-refractivity contribution in [1.29, 1.82) is 0 Å². The minimum atomic E-state index is -3.89. The highest BCUT2D eigenvalue weighted by molar-refractivity contribution is 7.95. The van der Waals surface area contributed by atoms with Crippen molar-refractivity contribution in [3.05, 3.63) is 69.6 Å². The van der Waals surface area contributed by atoms with E-state index in [1.54, 1.807) is 26.0 Å². The number of hydrogen-bond donors (Lipinski definition) is 1. The average Bonchev–Trinajstić information content (AvgIpc) is 3.05. The molecule has 1 saturated heterocycles. The lowest BCUT2D eigenvalue weighted by Crippen LogP contribution is -2.42. The Morgan fingerprint density at radius 1 is 1.13 bits per heavy atom. The van der Waals surface area contributed by atoms with Gasteiger partial charge in [0, 0.05) is 10.4 Å². The molecule has 0 aromatic heterocycles. The lowest BCUT2D eigenvalue weighted by atomic mass is 9.75. The molecule has 2 aromatic rings. The summed E-state index contributed by atoms with van der Waals surface area (Å²) in [5.74, 6) is -1.12. The molecule has 1 aliphatic heterocycles. The number of benzene rings is 2. The van der Waals surface area contributed by atoms with Crippen LogP contribution in [0.1, 0.15) is 37.8 Å². The fraction of sp³-hybridized carbons (Fsp3) is 0.375. The minimum absolute atomic E-state index is 0.186. The highest BCUT2D eigenvalue weighted by Crippen LogP contribution is 2.56. The van der Waals surface area contributed by atoms with E-state index in [0.29, 0.717) is 41.4 Å². The van der Waals surface area contributed by atoms with Crippen molar-refractivity contribution in [2.24, 2.45) is 5.92 Å². The zero-order valence-electron chi connectivity index (χ0n) is 17.7. The minimum Gasteiger partial charge on any atom is -0.466 e. The van der Waals surface area contributed by atoms with Crippen LogP contribution < -0.4 is 5.32 Å². The second-order valence-corrected chi connectivity index (χ2v) is 10.4. The summed E-state index contributed by atoms with van der Waals surface area (Å²) in [5, 5.41) is 3.82. The molecule has 31 heavy (non-hydrogen) atoms. The van der Waals surface area contributed by atoms with Crippen LogP contribution in [0.2, 0.25) is 5.02 Å². The number of fused-ring (bicyclic) bond motifs is 2. The Hall–Kier alpha value is -2.15. The van der Waals surface area contributed by atoms with Gasteiger partial charge in [-0.3, -0.25) is 4.79 Å².